The number of halogens is 1. The molecule has 1 saturated heterocycles. The number of benzene rings is 1. The number of rotatable bonds is 3. The maximum absolute atomic E-state index is 6.00. The quantitative estimate of drug-likeness (QED) is 0.842. The van der Waals surface area contributed by atoms with Gasteiger partial charge >= 0.3 is 0 Å². The van der Waals surface area contributed by atoms with E-state index in [9.17, 15) is 0 Å². The predicted octanol–water partition coefficient (Wildman–Crippen LogP) is 3.18. The molecule has 3 N–H and O–H groups in total. The molecule has 0 atom stereocenters. The second-order valence-corrected chi connectivity index (χ2v) is 6.61. The van der Waals surface area contributed by atoms with Crippen molar-refractivity contribution in [1.82, 2.24) is 4.90 Å². The summed E-state index contributed by atoms with van der Waals surface area (Å²) in [4.78, 5) is 2.40. The Morgan fingerprint density at radius 3 is 2.67 bits per heavy atom. The molecular formula is C14H22BrN3. The molecule has 1 heterocycles. The minimum absolute atomic E-state index is 0.381. The topological polar surface area (TPSA) is 41.3 Å². The zero-order valence-corrected chi connectivity index (χ0v) is 12.8. The van der Waals surface area contributed by atoms with Gasteiger partial charge < -0.3 is 16.0 Å². The Morgan fingerprint density at radius 1 is 1.39 bits per heavy atom. The summed E-state index contributed by atoms with van der Waals surface area (Å²) < 4.78 is 1.02. The van der Waals surface area contributed by atoms with E-state index in [1.54, 1.807) is 0 Å². The maximum atomic E-state index is 6.00. The van der Waals surface area contributed by atoms with E-state index in [0.29, 0.717) is 5.41 Å². The zero-order chi connectivity index (χ0) is 13.2. The van der Waals surface area contributed by atoms with Crippen LogP contribution in [0.15, 0.2) is 22.7 Å². The van der Waals surface area contributed by atoms with E-state index in [4.69, 9.17) is 5.73 Å². The summed E-state index contributed by atoms with van der Waals surface area (Å²) in [5.41, 5.74) is 8.23. The molecule has 1 aromatic carbocycles. The van der Waals surface area contributed by atoms with E-state index >= 15 is 0 Å². The zero-order valence-electron chi connectivity index (χ0n) is 11.2. The number of hydrogen-bond donors (Lipinski definition) is 2. The summed E-state index contributed by atoms with van der Waals surface area (Å²) >= 11 is 3.43. The minimum Gasteiger partial charge on any atom is -0.397 e. The van der Waals surface area contributed by atoms with Crippen molar-refractivity contribution in [2.45, 2.75) is 19.8 Å². The molecule has 4 heteroatoms. The number of nitrogen functional groups attached to an aromatic ring is 1. The summed E-state index contributed by atoms with van der Waals surface area (Å²) in [6.07, 6.45) is 2.49. The first-order valence-electron chi connectivity index (χ1n) is 6.46. The molecular weight excluding hydrogens is 290 g/mol. The largest absolute Gasteiger partial charge is 0.397 e. The van der Waals surface area contributed by atoms with Crippen LogP contribution in [-0.2, 0) is 0 Å². The van der Waals surface area contributed by atoms with Crippen molar-refractivity contribution < 1.29 is 0 Å². The smallest absolute Gasteiger partial charge is 0.0574 e. The Balaban J connectivity index is 1.94. The third-order valence-corrected chi connectivity index (χ3v) is 4.41. The van der Waals surface area contributed by atoms with E-state index in [2.05, 4.69) is 40.1 Å². The molecule has 0 bridgehead atoms. The average molecular weight is 312 g/mol. The molecule has 1 aliphatic rings. The van der Waals surface area contributed by atoms with E-state index in [-0.39, 0.29) is 0 Å². The molecule has 1 fully saturated rings. The SMILES string of the molecule is CN1CCC(C)(CNc2ccc(Br)cc2N)CC1. The molecule has 1 aliphatic heterocycles. The van der Waals surface area contributed by atoms with Crippen LogP contribution in [0.3, 0.4) is 0 Å². The van der Waals surface area contributed by atoms with Crippen molar-refractivity contribution in [3.8, 4) is 0 Å². The van der Waals surface area contributed by atoms with Gasteiger partial charge in [-0.3, -0.25) is 0 Å². The average Bonchev–Trinajstić information content (AvgIpc) is 2.32. The van der Waals surface area contributed by atoms with Crippen LogP contribution in [0.1, 0.15) is 19.8 Å². The lowest BCUT2D eigenvalue weighted by Gasteiger charge is -2.38. The van der Waals surface area contributed by atoms with Crippen molar-refractivity contribution in [3.63, 3.8) is 0 Å². The Kier molecular flexibility index (Phi) is 4.17. The van der Waals surface area contributed by atoms with Gasteiger partial charge in [0.25, 0.3) is 0 Å². The standard InChI is InChI=1S/C14H22BrN3/c1-14(5-7-18(2)8-6-14)10-17-13-4-3-11(15)9-12(13)16/h3-4,9,17H,5-8,10,16H2,1-2H3. The van der Waals surface area contributed by atoms with Gasteiger partial charge in [-0.15, -0.1) is 0 Å². The van der Waals surface area contributed by atoms with E-state index in [0.717, 1.165) is 22.4 Å². The van der Waals surface area contributed by atoms with Crippen molar-refractivity contribution in [1.29, 1.82) is 0 Å². The van der Waals surface area contributed by atoms with Gasteiger partial charge in [-0.05, 0) is 56.6 Å². The van der Waals surface area contributed by atoms with Crippen LogP contribution < -0.4 is 11.1 Å². The van der Waals surface area contributed by atoms with Gasteiger partial charge in [0.15, 0.2) is 0 Å². The number of hydrogen-bond acceptors (Lipinski definition) is 3. The Bertz CT molecular complexity index is 412. The number of nitrogens with two attached hydrogens (primary N) is 1. The number of nitrogens with one attached hydrogen (secondary N) is 1. The third kappa shape index (κ3) is 3.39. The second-order valence-electron chi connectivity index (χ2n) is 5.70. The van der Waals surface area contributed by atoms with Crippen molar-refractivity contribution in [2.75, 3.05) is 37.7 Å². The van der Waals surface area contributed by atoms with Crippen LogP contribution >= 0.6 is 15.9 Å². The number of nitrogens with zero attached hydrogens (tertiary/aromatic N) is 1. The van der Waals surface area contributed by atoms with Crippen LogP contribution in [-0.4, -0.2) is 31.6 Å². The van der Waals surface area contributed by atoms with Gasteiger partial charge in [-0.2, -0.15) is 0 Å². The highest BCUT2D eigenvalue weighted by atomic mass is 79.9. The van der Waals surface area contributed by atoms with Crippen LogP contribution in [0.25, 0.3) is 0 Å². The van der Waals surface area contributed by atoms with Crippen molar-refractivity contribution >= 4 is 27.3 Å². The Hall–Kier alpha value is -0.740. The first-order valence-corrected chi connectivity index (χ1v) is 7.25. The van der Waals surface area contributed by atoms with E-state index < -0.39 is 0 Å². The third-order valence-electron chi connectivity index (χ3n) is 3.91. The first-order chi connectivity index (χ1) is 8.48. The normalized spacial score (nSPS) is 19.7. The molecule has 3 nitrogen and oxygen atoms in total. The van der Waals surface area contributed by atoms with Crippen molar-refractivity contribution in [3.05, 3.63) is 22.7 Å². The van der Waals surface area contributed by atoms with Gasteiger partial charge in [0.2, 0.25) is 0 Å². The lowest BCUT2D eigenvalue weighted by Crippen LogP contribution is -2.40. The summed E-state index contributed by atoms with van der Waals surface area (Å²) in [5, 5.41) is 3.50. The monoisotopic (exact) mass is 311 g/mol. The molecule has 0 aliphatic carbocycles. The van der Waals surface area contributed by atoms with E-state index in [1.807, 2.05) is 18.2 Å². The Morgan fingerprint density at radius 2 is 2.06 bits per heavy atom. The summed E-state index contributed by atoms with van der Waals surface area (Å²) in [6.45, 7) is 5.73. The van der Waals surface area contributed by atoms with Gasteiger partial charge in [0.05, 0.1) is 11.4 Å². The highest BCUT2D eigenvalue weighted by molar-refractivity contribution is 9.10. The number of piperidine rings is 1. The van der Waals surface area contributed by atoms with Crippen molar-refractivity contribution in [2.24, 2.45) is 5.41 Å². The van der Waals surface area contributed by atoms with Gasteiger partial charge in [-0.25, -0.2) is 0 Å². The van der Waals surface area contributed by atoms with Crippen LogP contribution in [0.2, 0.25) is 0 Å². The van der Waals surface area contributed by atoms with Gasteiger partial charge in [-0.1, -0.05) is 22.9 Å². The molecule has 0 aromatic heterocycles. The summed E-state index contributed by atoms with van der Waals surface area (Å²) in [5.74, 6) is 0. The molecule has 18 heavy (non-hydrogen) atoms. The Labute approximate surface area is 118 Å². The molecule has 0 radical (unpaired) electrons. The summed E-state index contributed by atoms with van der Waals surface area (Å²) in [6, 6.07) is 6.01. The second kappa shape index (κ2) is 5.49. The van der Waals surface area contributed by atoms with Gasteiger partial charge in [0, 0.05) is 11.0 Å². The molecule has 0 saturated carbocycles. The van der Waals surface area contributed by atoms with Gasteiger partial charge in [0.1, 0.15) is 0 Å². The first kappa shape index (κ1) is 13.7. The highest BCUT2D eigenvalue weighted by Gasteiger charge is 2.28. The predicted molar refractivity (Wildman–Crippen MR) is 81.9 cm³/mol. The van der Waals surface area contributed by atoms with Crippen LogP contribution in [0.5, 0.6) is 0 Å². The minimum atomic E-state index is 0.381. The fourth-order valence-corrected chi connectivity index (χ4v) is 2.72. The highest BCUT2D eigenvalue weighted by Crippen LogP contribution is 2.32. The molecule has 2 rings (SSSR count). The lowest BCUT2D eigenvalue weighted by atomic mass is 9.80. The number of anilines is 2. The lowest BCUT2D eigenvalue weighted by molar-refractivity contribution is 0.150. The number of likely N-dealkylation sites (tertiary alicyclic amines) is 1. The maximum Gasteiger partial charge on any atom is 0.0574 e. The molecule has 1 aromatic rings. The molecule has 0 unspecified atom stereocenters. The molecule has 0 spiro atoms. The van der Waals surface area contributed by atoms with E-state index in [1.165, 1.54) is 25.9 Å². The van der Waals surface area contributed by atoms with Crippen LogP contribution in [0.4, 0.5) is 11.4 Å². The molecule has 0 amide bonds. The molecule has 100 valence electrons. The van der Waals surface area contributed by atoms with Crippen LogP contribution in [0, 0.1) is 5.41 Å². The summed E-state index contributed by atoms with van der Waals surface area (Å²) in [7, 11) is 2.19. The fourth-order valence-electron chi connectivity index (χ4n) is 2.34. The fraction of sp³-hybridized carbons (Fsp3) is 0.571.